The van der Waals surface area contributed by atoms with Crippen LogP contribution in [0.25, 0.3) is 0 Å². The quantitative estimate of drug-likeness (QED) is 0.771. The van der Waals surface area contributed by atoms with Crippen molar-refractivity contribution >= 4 is 11.6 Å². The van der Waals surface area contributed by atoms with E-state index in [9.17, 15) is 4.79 Å². The first-order valence-electron chi connectivity index (χ1n) is 11.2. The number of amides is 1. The zero-order valence-electron chi connectivity index (χ0n) is 17.6. The van der Waals surface area contributed by atoms with E-state index in [4.69, 9.17) is 4.74 Å². The molecule has 3 fully saturated rings. The SMILES string of the molecule is Cc1ccc(CNc2cccc(C(=O)N[C@H]3C[C@H]4CO[C@H](C5CC5)CN4C3)c2)cc1. The second-order valence-corrected chi connectivity index (χ2v) is 9.14. The highest BCUT2D eigenvalue weighted by Crippen LogP contribution is 2.37. The summed E-state index contributed by atoms with van der Waals surface area (Å²) in [4.78, 5) is 15.4. The van der Waals surface area contributed by atoms with Gasteiger partial charge in [-0.1, -0.05) is 35.9 Å². The molecule has 0 spiro atoms. The van der Waals surface area contributed by atoms with Gasteiger partial charge >= 0.3 is 0 Å². The van der Waals surface area contributed by atoms with Crippen LogP contribution in [0.1, 0.15) is 40.7 Å². The fraction of sp³-hybridized carbons (Fsp3) is 0.480. The van der Waals surface area contributed by atoms with E-state index >= 15 is 0 Å². The number of nitrogens with one attached hydrogen (secondary N) is 2. The molecule has 5 nitrogen and oxygen atoms in total. The molecule has 2 N–H and O–H groups in total. The molecule has 158 valence electrons. The van der Waals surface area contributed by atoms with Gasteiger partial charge in [-0.25, -0.2) is 0 Å². The second-order valence-electron chi connectivity index (χ2n) is 9.14. The molecule has 30 heavy (non-hydrogen) atoms. The predicted molar refractivity (Wildman–Crippen MR) is 119 cm³/mol. The highest BCUT2D eigenvalue weighted by molar-refractivity contribution is 5.95. The Morgan fingerprint density at radius 3 is 2.77 bits per heavy atom. The third-order valence-corrected chi connectivity index (χ3v) is 6.67. The summed E-state index contributed by atoms with van der Waals surface area (Å²) in [6, 6.07) is 16.9. The normalized spacial score (nSPS) is 26.2. The van der Waals surface area contributed by atoms with Gasteiger partial charge in [-0.3, -0.25) is 9.69 Å². The van der Waals surface area contributed by atoms with Gasteiger partial charge in [0, 0.05) is 43.0 Å². The van der Waals surface area contributed by atoms with E-state index in [1.165, 1.54) is 24.0 Å². The Balaban J connectivity index is 1.15. The van der Waals surface area contributed by atoms with Crippen molar-refractivity contribution in [2.75, 3.05) is 25.0 Å². The number of carbonyl (C=O) groups excluding carboxylic acids is 1. The molecular weight excluding hydrogens is 374 g/mol. The minimum Gasteiger partial charge on any atom is -0.381 e. The van der Waals surface area contributed by atoms with Crippen molar-refractivity contribution in [1.29, 1.82) is 0 Å². The lowest BCUT2D eigenvalue weighted by Gasteiger charge is -2.35. The van der Waals surface area contributed by atoms with Gasteiger partial charge in [0.1, 0.15) is 0 Å². The van der Waals surface area contributed by atoms with Crippen LogP contribution in [0, 0.1) is 12.8 Å². The number of ether oxygens (including phenoxy) is 1. The summed E-state index contributed by atoms with van der Waals surface area (Å²) in [5, 5.41) is 6.68. The van der Waals surface area contributed by atoms with E-state index in [2.05, 4.69) is 46.7 Å². The molecule has 2 saturated heterocycles. The van der Waals surface area contributed by atoms with E-state index in [-0.39, 0.29) is 11.9 Å². The minimum absolute atomic E-state index is 0.0125. The molecule has 1 aliphatic carbocycles. The maximum Gasteiger partial charge on any atom is 0.251 e. The van der Waals surface area contributed by atoms with Crippen LogP contribution >= 0.6 is 0 Å². The number of anilines is 1. The van der Waals surface area contributed by atoms with Crippen LogP contribution in [0.4, 0.5) is 5.69 Å². The van der Waals surface area contributed by atoms with E-state index in [1.807, 2.05) is 24.3 Å². The number of hydrogen-bond donors (Lipinski definition) is 2. The summed E-state index contributed by atoms with van der Waals surface area (Å²) < 4.78 is 6.08. The Labute approximate surface area is 178 Å². The largest absolute Gasteiger partial charge is 0.381 e. The second kappa shape index (κ2) is 8.40. The smallest absolute Gasteiger partial charge is 0.251 e. The zero-order chi connectivity index (χ0) is 20.5. The Kier molecular flexibility index (Phi) is 5.48. The van der Waals surface area contributed by atoms with Crippen molar-refractivity contribution in [3.8, 4) is 0 Å². The zero-order valence-corrected chi connectivity index (χ0v) is 17.6. The monoisotopic (exact) mass is 405 g/mol. The average Bonchev–Trinajstić information content (AvgIpc) is 3.53. The van der Waals surface area contributed by atoms with Gasteiger partial charge in [0.05, 0.1) is 12.7 Å². The molecule has 2 aromatic carbocycles. The lowest BCUT2D eigenvalue weighted by molar-refractivity contribution is -0.0581. The molecular formula is C25H31N3O2. The Morgan fingerprint density at radius 2 is 1.97 bits per heavy atom. The van der Waals surface area contributed by atoms with Crippen LogP contribution in [0.5, 0.6) is 0 Å². The van der Waals surface area contributed by atoms with Gasteiger partial charge in [0.2, 0.25) is 0 Å². The molecule has 0 radical (unpaired) electrons. The number of aryl methyl sites for hydroxylation is 1. The van der Waals surface area contributed by atoms with Gasteiger partial charge in [0.15, 0.2) is 0 Å². The summed E-state index contributed by atoms with van der Waals surface area (Å²) in [6.07, 6.45) is 4.02. The first-order chi connectivity index (χ1) is 14.6. The summed E-state index contributed by atoms with van der Waals surface area (Å²) in [5.74, 6) is 0.785. The topological polar surface area (TPSA) is 53.6 Å². The van der Waals surface area contributed by atoms with E-state index in [0.717, 1.165) is 44.3 Å². The Morgan fingerprint density at radius 1 is 1.13 bits per heavy atom. The van der Waals surface area contributed by atoms with Gasteiger partial charge in [-0.2, -0.15) is 0 Å². The third kappa shape index (κ3) is 4.52. The highest BCUT2D eigenvalue weighted by Gasteiger charge is 2.42. The summed E-state index contributed by atoms with van der Waals surface area (Å²) in [5.41, 5.74) is 4.16. The lowest BCUT2D eigenvalue weighted by atomic mass is 10.1. The molecule has 1 amide bonds. The number of carbonyl (C=O) groups is 1. The summed E-state index contributed by atoms with van der Waals surface area (Å²) >= 11 is 0. The van der Waals surface area contributed by atoms with Gasteiger partial charge in [0.25, 0.3) is 5.91 Å². The Hall–Kier alpha value is -2.37. The maximum atomic E-state index is 12.9. The molecule has 0 aromatic heterocycles. The van der Waals surface area contributed by atoms with Gasteiger partial charge < -0.3 is 15.4 Å². The Bertz CT molecular complexity index is 894. The molecule has 2 heterocycles. The van der Waals surface area contributed by atoms with Crippen molar-refractivity contribution < 1.29 is 9.53 Å². The number of nitrogens with zero attached hydrogens (tertiary/aromatic N) is 1. The molecule has 5 heteroatoms. The van der Waals surface area contributed by atoms with E-state index in [0.29, 0.717) is 17.7 Å². The first-order valence-corrected chi connectivity index (χ1v) is 11.2. The number of fused-ring (bicyclic) bond motifs is 1. The van der Waals surface area contributed by atoms with Crippen LogP contribution < -0.4 is 10.6 Å². The number of rotatable bonds is 6. The lowest BCUT2D eigenvalue weighted by Crippen LogP contribution is -2.47. The van der Waals surface area contributed by atoms with Crippen molar-refractivity contribution in [3.05, 3.63) is 65.2 Å². The van der Waals surface area contributed by atoms with Crippen molar-refractivity contribution in [2.45, 2.75) is 50.9 Å². The number of benzene rings is 2. The van der Waals surface area contributed by atoms with E-state index < -0.39 is 0 Å². The molecule has 2 aromatic rings. The average molecular weight is 406 g/mol. The number of hydrogen-bond acceptors (Lipinski definition) is 4. The van der Waals surface area contributed by atoms with Crippen LogP contribution in [0.2, 0.25) is 0 Å². The number of morpholine rings is 1. The summed E-state index contributed by atoms with van der Waals surface area (Å²) in [7, 11) is 0. The third-order valence-electron chi connectivity index (χ3n) is 6.67. The summed E-state index contributed by atoms with van der Waals surface area (Å²) in [6.45, 7) is 5.61. The predicted octanol–water partition coefficient (Wildman–Crippen LogP) is 3.59. The molecule has 0 unspecified atom stereocenters. The van der Waals surface area contributed by atoms with Crippen LogP contribution in [0.15, 0.2) is 48.5 Å². The molecule has 1 saturated carbocycles. The van der Waals surface area contributed by atoms with Crippen LogP contribution in [0.3, 0.4) is 0 Å². The molecule has 2 aliphatic heterocycles. The molecule has 3 aliphatic rings. The first kappa shape index (κ1) is 19.6. The standard InChI is InChI=1S/C25H31N3O2/c1-17-5-7-18(8-6-17)13-26-21-4-2-3-20(11-21)25(29)27-22-12-23-16-30-24(19-9-10-19)15-28(23)14-22/h2-8,11,19,22-24,26H,9-10,12-16H2,1H3,(H,27,29)/t22-,23-,24-/m0/s1. The molecule has 3 atom stereocenters. The fourth-order valence-corrected chi connectivity index (χ4v) is 4.71. The van der Waals surface area contributed by atoms with E-state index in [1.54, 1.807) is 0 Å². The highest BCUT2D eigenvalue weighted by atomic mass is 16.5. The van der Waals surface area contributed by atoms with Crippen molar-refractivity contribution in [2.24, 2.45) is 5.92 Å². The van der Waals surface area contributed by atoms with Crippen LogP contribution in [-0.2, 0) is 11.3 Å². The maximum absolute atomic E-state index is 12.9. The molecule has 5 rings (SSSR count). The fourth-order valence-electron chi connectivity index (χ4n) is 4.71. The molecule has 0 bridgehead atoms. The minimum atomic E-state index is 0.0125. The van der Waals surface area contributed by atoms with Gasteiger partial charge in [-0.15, -0.1) is 0 Å². The van der Waals surface area contributed by atoms with Crippen LogP contribution in [-0.4, -0.2) is 48.7 Å². The van der Waals surface area contributed by atoms with Gasteiger partial charge in [-0.05, 0) is 55.9 Å². The van der Waals surface area contributed by atoms with Crippen molar-refractivity contribution in [3.63, 3.8) is 0 Å². The van der Waals surface area contributed by atoms with Crippen molar-refractivity contribution in [1.82, 2.24) is 10.2 Å².